The van der Waals surface area contributed by atoms with Crippen LogP contribution in [0.4, 0.5) is 0 Å². The Balaban J connectivity index is 1.39. The molecule has 3 saturated heterocycles. The normalized spacial score (nSPS) is 30.5. The molecule has 3 aliphatic heterocycles. The summed E-state index contributed by atoms with van der Waals surface area (Å²) < 4.78 is 5.67. The van der Waals surface area contributed by atoms with Gasteiger partial charge in [0.2, 0.25) is 5.91 Å². The molecule has 5 aliphatic rings. The quantitative estimate of drug-likeness (QED) is 0.457. The van der Waals surface area contributed by atoms with Gasteiger partial charge in [0.1, 0.15) is 5.76 Å². The SMILES string of the molecule is C=CCN1CCC2CCC(C1)N2C(C1=CCC(C(=O)N2CCCCCC2)C=C1)C1=CC(OC)=CCC1. The van der Waals surface area contributed by atoms with Crippen molar-refractivity contribution in [2.45, 2.75) is 82.3 Å². The molecule has 5 nitrogen and oxygen atoms in total. The molecule has 0 aromatic carbocycles. The zero-order chi connectivity index (χ0) is 24.9. The summed E-state index contributed by atoms with van der Waals surface area (Å²) in [6, 6.07) is 1.44. The Morgan fingerprint density at radius 2 is 1.92 bits per heavy atom. The Labute approximate surface area is 218 Å². The number of nitrogens with zero attached hydrogens (tertiary/aromatic N) is 3. The number of hydrogen-bond acceptors (Lipinski definition) is 4. The molecule has 2 aliphatic carbocycles. The molecule has 5 heteroatoms. The van der Waals surface area contributed by atoms with Crippen LogP contribution in [-0.4, -0.2) is 78.6 Å². The lowest BCUT2D eigenvalue weighted by molar-refractivity contribution is -0.133. The van der Waals surface area contributed by atoms with Gasteiger partial charge in [-0.25, -0.2) is 0 Å². The molecule has 0 N–H and O–H groups in total. The highest BCUT2D eigenvalue weighted by molar-refractivity contribution is 5.81. The average Bonchev–Trinajstić information content (AvgIpc) is 3.06. The van der Waals surface area contributed by atoms with Crippen molar-refractivity contribution >= 4 is 5.91 Å². The molecule has 0 aromatic heterocycles. The van der Waals surface area contributed by atoms with E-state index < -0.39 is 0 Å². The van der Waals surface area contributed by atoms with E-state index in [0.717, 1.165) is 70.6 Å². The van der Waals surface area contributed by atoms with E-state index in [4.69, 9.17) is 4.74 Å². The molecular formula is C31H45N3O2. The zero-order valence-corrected chi connectivity index (χ0v) is 22.2. The van der Waals surface area contributed by atoms with Crippen LogP contribution in [0.1, 0.15) is 64.2 Å². The summed E-state index contributed by atoms with van der Waals surface area (Å²) in [6.45, 7) is 9.10. The lowest BCUT2D eigenvalue weighted by Gasteiger charge is -2.40. The number of carbonyl (C=O) groups is 1. The summed E-state index contributed by atoms with van der Waals surface area (Å²) >= 11 is 0. The number of allylic oxidation sites excluding steroid dienone is 3. The number of rotatable bonds is 7. The highest BCUT2D eigenvalue weighted by Crippen LogP contribution is 2.40. The van der Waals surface area contributed by atoms with Crippen molar-refractivity contribution in [3.8, 4) is 0 Å². The predicted octanol–water partition coefficient (Wildman–Crippen LogP) is 5.24. The summed E-state index contributed by atoms with van der Waals surface area (Å²) in [5.41, 5.74) is 2.85. The summed E-state index contributed by atoms with van der Waals surface area (Å²) in [4.78, 5) is 20.9. The minimum Gasteiger partial charge on any atom is -0.497 e. The first-order chi connectivity index (χ1) is 17.7. The van der Waals surface area contributed by atoms with Crippen LogP contribution in [0.2, 0.25) is 0 Å². The monoisotopic (exact) mass is 491 g/mol. The Hall–Kier alpha value is -2.11. The molecule has 5 rings (SSSR count). The maximum Gasteiger partial charge on any atom is 0.229 e. The molecule has 0 radical (unpaired) electrons. The molecule has 0 saturated carbocycles. The average molecular weight is 492 g/mol. The maximum atomic E-state index is 13.3. The molecule has 0 spiro atoms. The third-order valence-corrected chi connectivity index (χ3v) is 8.98. The predicted molar refractivity (Wildman–Crippen MR) is 146 cm³/mol. The molecule has 196 valence electrons. The summed E-state index contributed by atoms with van der Waals surface area (Å²) in [5, 5.41) is 0. The summed E-state index contributed by atoms with van der Waals surface area (Å²) in [6.07, 6.45) is 25.0. The van der Waals surface area contributed by atoms with Gasteiger partial charge in [0.25, 0.3) is 0 Å². The van der Waals surface area contributed by atoms with Crippen molar-refractivity contribution in [2.24, 2.45) is 5.92 Å². The molecule has 4 unspecified atom stereocenters. The van der Waals surface area contributed by atoms with Crippen molar-refractivity contribution in [1.29, 1.82) is 0 Å². The van der Waals surface area contributed by atoms with Gasteiger partial charge in [-0.1, -0.05) is 37.1 Å². The lowest BCUT2D eigenvalue weighted by Crippen LogP contribution is -2.48. The largest absolute Gasteiger partial charge is 0.497 e. The Morgan fingerprint density at radius 3 is 2.64 bits per heavy atom. The van der Waals surface area contributed by atoms with Gasteiger partial charge >= 0.3 is 0 Å². The van der Waals surface area contributed by atoms with E-state index in [1.165, 1.54) is 43.3 Å². The van der Waals surface area contributed by atoms with E-state index in [0.29, 0.717) is 18.0 Å². The molecule has 1 amide bonds. The van der Waals surface area contributed by atoms with Gasteiger partial charge in [0.15, 0.2) is 0 Å². The molecule has 0 aromatic rings. The molecule has 3 fully saturated rings. The van der Waals surface area contributed by atoms with Crippen LogP contribution < -0.4 is 0 Å². The standard InChI is InChI=1S/C31H45N3O2/c1-3-18-32-21-17-27-15-16-28(23-32)34(27)30(26-9-8-10-29(22-26)36-2)24-11-13-25(14-12-24)31(35)33-19-6-4-5-7-20-33/h3,10-13,22,25,27-28,30H,1,4-9,14-21,23H2,2H3. The second-order valence-corrected chi connectivity index (χ2v) is 11.3. The van der Waals surface area contributed by atoms with Crippen LogP contribution in [0.3, 0.4) is 0 Å². The van der Waals surface area contributed by atoms with Gasteiger partial charge in [-0.3, -0.25) is 14.6 Å². The highest BCUT2D eigenvalue weighted by atomic mass is 16.5. The Morgan fingerprint density at radius 1 is 1.11 bits per heavy atom. The highest BCUT2D eigenvalue weighted by Gasteiger charge is 2.43. The Kier molecular flexibility index (Phi) is 8.48. The van der Waals surface area contributed by atoms with Gasteiger partial charge in [-0.2, -0.15) is 0 Å². The minimum atomic E-state index is -0.00814. The number of ether oxygens (including phenoxy) is 1. The lowest BCUT2D eigenvalue weighted by atomic mass is 9.84. The number of hydrogen-bond donors (Lipinski definition) is 0. The topological polar surface area (TPSA) is 36.0 Å². The van der Waals surface area contributed by atoms with Crippen LogP contribution in [0.15, 0.2) is 59.9 Å². The molecule has 2 bridgehead atoms. The third-order valence-electron chi connectivity index (χ3n) is 8.98. The Bertz CT molecular complexity index is 924. The smallest absolute Gasteiger partial charge is 0.229 e. The fourth-order valence-corrected chi connectivity index (χ4v) is 7.13. The van der Waals surface area contributed by atoms with Crippen molar-refractivity contribution in [3.05, 3.63) is 59.9 Å². The van der Waals surface area contributed by atoms with E-state index in [9.17, 15) is 4.79 Å². The minimum absolute atomic E-state index is 0.00814. The molecule has 36 heavy (non-hydrogen) atoms. The summed E-state index contributed by atoms with van der Waals surface area (Å²) in [7, 11) is 1.78. The van der Waals surface area contributed by atoms with Crippen LogP contribution in [0.25, 0.3) is 0 Å². The van der Waals surface area contributed by atoms with Gasteiger partial charge < -0.3 is 9.64 Å². The van der Waals surface area contributed by atoms with Crippen molar-refractivity contribution in [1.82, 2.24) is 14.7 Å². The van der Waals surface area contributed by atoms with Crippen molar-refractivity contribution in [2.75, 3.05) is 39.8 Å². The fourth-order valence-electron chi connectivity index (χ4n) is 7.13. The number of fused-ring (bicyclic) bond motifs is 2. The van der Waals surface area contributed by atoms with Gasteiger partial charge in [0, 0.05) is 44.8 Å². The van der Waals surface area contributed by atoms with Crippen LogP contribution in [-0.2, 0) is 9.53 Å². The van der Waals surface area contributed by atoms with Gasteiger partial charge in [0.05, 0.1) is 19.1 Å². The molecule has 4 atom stereocenters. The maximum absolute atomic E-state index is 13.3. The number of amides is 1. The fraction of sp³-hybridized carbons (Fsp3) is 0.645. The van der Waals surface area contributed by atoms with Crippen LogP contribution >= 0.6 is 0 Å². The first kappa shape index (κ1) is 25.5. The second kappa shape index (κ2) is 12.0. The first-order valence-corrected chi connectivity index (χ1v) is 14.4. The zero-order valence-electron chi connectivity index (χ0n) is 22.2. The van der Waals surface area contributed by atoms with Crippen molar-refractivity contribution < 1.29 is 9.53 Å². The van der Waals surface area contributed by atoms with Gasteiger partial charge in [-0.05, 0) is 74.7 Å². The first-order valence-electron chi connectivity index (χ1n) is 14.4. The molecular weight excluding hydrogens is 446 g/mol. The van der Waals surface area contributed by atoms with Gasteiger partial charge in [-0.15, -0.1) is 6.58 Å². The number of methoxy groups -OCH3 is 1. The van der Waals surface area contributed by atoms with E-state index >= 15 is 0 Å². The van der Waals surface area contributed by atoms with E-state index in [1.807, 2.05) is 6.08 Å². The summed E-state index contributed by atoms with van der Waals surface area (Å²) in [5.74, 6) is 1.31. The third kappa shape index (κ3) is 5.57. The van der Waals surface area contributed by atoms with E-state index in [-0.39, 0.29) is 12.0 Å². The van der Waals surface area contributed by atoms with Crippen LogP contribution in [0.5, 0.6) is 0 Å². The number of likely N-dealkylation sites (tertiary alicyclic amines) is 2. The van der Waals surface area contributed by atoms with Crippen LogP contribution in [0, 0.1) is 5.92 Å². The van der Waals surface area contributed by atoms with E-state index in [1.54, 1.807) is 7.11 Å². The van der Waals surface area contributed by atoms with Crippen molar-refractivity contribution in [3.63, 3.8) is 0 Å². The number of carbonyl (C=O) groups excluding carboxylic acids is 1. The second-order valence-electron chi connectivity index (χ2n) is 11.3. The van der Waals surface area contributed by atoms with E-state index in [2.05, 4.69) is 51.7 Å². The molecule has 3 heterocycles.